The zero-order valence-corrected chi connectivity index (χ0v) is 32.1. The molecule has 0 amide bonds. The highest BCUT2D eigenvalue weighted by Crippen LogP contribution is 2.37. The van der Waals surface area contributed by atoms with Crippen LogP contribution in [0, 0.1) is 25.2 Å². The molecule has 1 aliphatic heterocycles. The Bertz CT molecular complexity index is 2020. The molecule has 3 aromatic carbocycles. The Morgan fingerprint density at radius 2 is 1.79 bits per heavy atom. The fourth-order valence-electron chi connectivity index (χ4n) is 6.60. The Morgan fingerprint density at radius 3 is 2.57 bits per heavy atom. The number of hydrogen-bond donors (Lipinski definition) is 1. The maximum absolute atomic E-state index is 9.81. The molecule has 276 valence electrons. The Balaban J connectivity index is 1.15. The summed E-state index contributed by atoms with van der Waals surface area (Å²) in [7, 11) is 2.07. The lowest BCUT2D eigenvalue weighted by atomic mass is 9.93. The number of hydrogen-bond acceptors (Lipinski definition) is 10. The number of ether oxygens (including phenoxy) is 3. The van der Waals surface area contributed by atoms with Crippen molar-refractivity contribution in [2.45, 2.75) is 59.0 Å². The van der Waals surface area contributed by atoms with E-state index in [4.69, 9.17) is 25.8 Å². The number of aromatic nitrogens is 2. The molecule has 0 bridgehead atoms. The minimum absolute atomic E-state index is 0.200. The summed E-state index contributed by atoms with van der Waals surface area (Å²) in [6.07, 6.45) is 5.65. The third-order valence-corrected chi connectivity index (χ3v) is 10.6. The lowest BCUT2D eigenvalue weighted by molar-refractivity contribution is 0.173. The van der Waals surface area contributed by atoms with Crippen LogP contribution in [0.5, 0.6) is 17.2 Å². The van der Waals surface area contributed by atoms with E-state index < -0.39 is 0 Å². The van der Waals surface area contributed by atoms with Crippen molar-refractivity contribution in [2.75, 3.05) is 39.8 Å². The Labute approximate surface area is 321 Å². The first-order valence-corrected chi connectivity index (χ1v) is 19.3. The van der Waals surface area contributed by atoms with Crippen LogP contribution in [0.15, 0.2) is 77.9 Å². The number of nitrogens with zero attached hydrogens (tertiary/aromatic N) is 5. The van der Waals surface area contributed by atoms with Crippen LogP contribution >= 0.6 is 22.9 Å². The van der Waals surface area contributed by atoms with Crippen molar-refractivity contribution in [1.82, 2.24) is 19.8 Å². The number of β-amino-alcohol motifs (C(OH)–C–C–N with tert-alkyl or cyclic N) is 1. The number of likely N-dealkylation sites (N-methyl/N-ethyl adjacent to an activating group) is 1. The molecule has 1 fully saturated rings. The molecule has 2 aromatic heterocycles. The SMILES string of the molecule is Cc1c(COc2cc(OCc3cncc(C#N)c3)c(CN(C)CCc3cscn3)cc2Cl)cccc1-c1cccc(OCCCN2CC[C@@H](O)C2)c1C. The summed E-state index contributed by atoms with van der Waals surface area (Å²) in [6.45, 7) is 9.48. The third kappa shape index (κ3) is 10.3. The fraction of sp³-hybridized carbons (Fsp3) is 0.357. The lowest BCUT2D eigenvalue weighted by Crippen LogP contribution is -2.24. The smallest absolute Gasteiger partial charge is 0.142 e. The maximum atomic E-state index is 9.81. The largest absolute Gasteiger partial charge is 0.493 e. The number of aliphatic hydroxyl groups is 1. The van der Waals surface area contributed by atoms with Crippen LogP contribution < -0.4 is 14.2 Å². The minimum Gasteiger partial charge on any atom is -0.493 e. The zero-order valence-electron chi connectivity index (χ0n) is 30.6. The number of rotatable bonds is 17. The van der Waals surface area contributed by atoms with Crippen LogP contribution in [0.2, 0.25) is 5.02 Å². The number of nitriles is 1. The van der Waals surface area contributed by atoms with Gasteiger partial charge in [0, 0.05) is 74.1 Å². The standard InChI is InChI=1S/C42H46ClN5O4S/c1-29-33(7-4-8-37(29)38-9-5-10-40(30(38)2)50-16-6-13-48-15-12-36(49)24-48)26-52-42-19-41(51-25-32-17-31(20-44)21-45-22-32)34(18-39(42)43)23-47(3)14-11-35-27-53-28-46-35/h4-5,7-10,17-19,21-22,27-28,36,49H,6,11-16,23-26H2,1-3H3/t36-/m1/s1. The molecule has 5 aromatic rings. The summed E-state index contributed by atoms with van der Waals surface area (Å²) in [5, 5.41) is 21.7. The molecular weight excluding hydrogens is 706 g/mol. The zero-order chi connectivity index (χ0) is 37.2. The Hall–Kier alpha value is -4.50. The fourth-order valence-corrected chi connectivity index (χ4v) is 7.44. The summed E-state index contributed by atoms with van der Waals surface area (Å²) in [5.41, 5.74) is 10.6. The number of thiazole rings is 1. The first kappa shape index (κ1) is 38.2. The van der Waals surface area contributed by atoms with Crippen molar-refractivity contribution in [2.24, 2.45) is 0 Å². The molecule has 0 spiro atoms. The van der Waals surface area contributed by atoms with E-state index in [1.807, 2.05) is 29.8 Å². The summed E-state index contributed by atoms with van der Waals surface area (Å²) in [4.78, 5) is 13.1. The monoisotopic (exact) mass is 751 g/mol. The van der Waals surface area contributed by atoms with Crippen LogP contribution in [0.25, 0.3) is 11.1 Å². The molecule has 0 aliphatic carbocycles. The second kappa shape index (κ2) is 18.5. The van der Waals surface area contributed by atoms with E-state index >= 15 is 0 Å². The molecule has 1 aliphatic rings. The number of likely N-dealkylation sites (tertiary alicyclic amines) is 1. The van der Waals surface area contributed by atoms with E-state index in [0.717, 1.165) is 95.8 Å². The van der Waals surface area contributed by atoms with Crippen LogP contribution in [-0.2, 0) is 26.2 Å². The number of pyridine rings is 1. The average molecular weight is 752 g/mol. The number of benzene rings is 3. The van der Waals surface area contributed by atoms with Gasteiger partial charge in [-0.05, 0) is 79.8 Å². The second-order valence-corrected chi connectivity index (χ2v) is 14.7. The van der Waals surface area contributed by atoms with E-state index in [9.17, 15) is 10.4 Å². The molecule has 1 atom stereocenters. The predicted octanol–water partition coefficient (Wildman–Crippen LogP) is 8.02. The molecule has 0 unspecified atom stereocenters. The van der Waals surface area contributed by atoms with Crippen LogP contribution in [0.3, 0.4) is 0 Å². The highest BCUT2D eigenvalue weighted by atomic mass is 35.5. The van der Waals surface area contributed by atoms with Gasteiger partial charge in [-0.1, -0.05) is 41.9 Å². The second-order valence-electron chi connectivity index (χ2n) is 13.6. The average Bonchev–Trinajstić information content (AvgIpc) is 3.85. The molecule has 9 nitrogen and oxygen atoms in total. The van der Waals surface area contributed by atoms with E-state index in [-0.39, 0.29) is 12.7 Å². The van der Waals surface area contributed by atoms with Crippen molar-refractivity contribution < 1.29 is 19.3 Å². The van der Waals surface area contributed by atoms with E-state index in [1.54, 1.807) is 23.6 Å². The van der Waals surface area contributed by atoms with Gasteiger partial charge in [-0.2, -0.15) is 5.26 Å². The van der Waals surface area contributed by atoms with Crippen molar-refractivity contribution in [3.63, 3.8) is 0 Å². The minimum atomic E-state index is -0.200. The molecule has 0 radical (unpaired) electrons. The molecule has 1 saturated heterocycles. The molecule has 6 rings (SSSR count). The first-order chi connectivity index (χ1) is 25.8. The van der Waals surface area contributed by atoms with Crippen molar-refractivity contribution in [3.05, 3.63) is 122 Å². The van der Waals surface area contributed by atoms with E-state index in [0.29, 0.717) is 41.8 Å². The number of halogens is 1. The van der Waals surface area contributed by atoms with E-state index in [2.05, 4.69) is 76.4 Å². The van der Waals surface area contributed by atoms with Crippen molar-refractivity contribution in [3.8, 4) is 34.4 Å². The quantitative estimate of drug-likeness (QED) is 0.0947. The van der Waals surface area contributed by atoms with Gasteiger partial charge < -0.3 is 29.1 Å². The summed E-state index contributed by atoms with van der Waals surface area (Å²) < 4.78 is 19.0. The first-order valence-electron chi connectivity index (χ1n) is 18.0. The molecule has 3 heterocycles. The summed E-state index contributed by atoms with van der Waals surface area (Å²) in [6, 6.07) is 20.2. The molecule has 0 saturated carbocycles. The Kier molecular flexibility index (Phi) is 13.3. The van der Waals surface area contributed by atoms with Gasteiger partial charge in [-0.25, -0.2) is 4.98 Å². The predicted molar refractivity (Wildman–Crippen MR) is 210 cm³/mol. The van der Waals surface area contributed by atoms with Crippen molar-refractivity contribution in [1.29, 1.82) is 5.26 Å². The highest BCUT2D eigenvalue weighted by Gasteiger charge is 2.20. The van der Waals surface area contributed by atoms with Gasteiger partial charge in [-0.3, -0.25) is 4.98 Å². The van der Waals surface area contributed by atoms with Gasteiger partial charge in [0.15, 0.2) is 0 Å². The van der Waals surface area contributed by atoms with Crippen LogP contribution in [-0.4, -0.2) is 70.8 Å². The third-order valence-electron chi connectivity index (χ3n) is 9.63. The molecule has 11 heteroatoms. The lowest BCUT2D eigenvalue weighted by Gasteiger charge is -2.21. The maximum Gasteiger partial charge on any atom is 0.142 e. The van der Waals surface area contributed by atoms with Gasteiger partial charge in [0.05, 0.1) is 34.5 Å². The molecule has 1 N–H and O–H groups in total. The van der Waals surface area contributed by atoms with Crippen LogP contribution in [0.4, 0.5) is 0 Å². The Morgan fingerprint density at radius 1 is 0.981 bits per heavy atom. The van der Waals surface area contributed by atoms with Gasteiger partial charge in [0.2, 0.25) is 0 Å². The van der Waals surface area contributed by atoms with E-state index in [1.165, 1.54) is 6.20 Å². The highest BCUT2D eigenvalue weighted by molar-refractivity contribution is 7.07. The normalized spacial score (nSPS) is 14.4. The van der Waals surface area contributed by atoms with Gasteiger partial charge in [-0.15, -0.1) is 11.3 Å². The topological polar surface area (TPSA) is 104 Å². The summed E-state index contributed by atoms with van der Waals surface area (Å²) >= 11 is 8.49. The van der Waals surface area contributed by atoms with Gasteiger partial charge in [0.1, 0.15) is 36.5 Å². The van der Waals surface area contributed by atoms with Crippen molar-refractivity contribution >= 4 is 22.9 Å². The van der Waals surface area contributed by atoms with Gasteiger partial charge in [0.25, 0.3) is 0 Å². The molecule has 53 heavy (non-hydrogen) atoms. The van der Waals surface area contributed by atoms with Crippen LogP contribution in [0.1, 0.15) is 51.9 Å². The number of aliphatic hydroxyl groups excluding tert-OH is 1. The summed E-state index contributed by atoms with van der Waals surface area (Å²) in [5.74, 6) is 2.07. The molecular formula is C42H46ClN5O4S. The van der Waals surface area contributed by atoms with Gasteiger partial charge >= 0.3 is 0 Å².